The normalized spacial score (nSPS) is 40.8. The molecule has 2 N–H and O–H groups in total. The summed E-state index contributed by atoms with van der Waals surface area (Å²) in [5.74, 6) is -0.357. The van der Waals surface area contributed by atoms with Crippen LogP contribution in [-0.2, 0) is 0 Å². The van der Waals surface area contributed by atoms with E-state index in [0.717, 1.165) is 9.80 Å². The maximum atomic E-state index is 14.4. The van der Waals surface area contributed by atoms with Gasteiger partial charge in [0.25, 0.3) is 0 Å². The van der Waals surface area contributed by atoms with Crippen LogP contribution in [0.2, 0.25) is 0 Å². The molecule has 0 spiro atoms. The number of hydrogen-bond donors (Lipinski definition) is 2. The summed E-state index contributed by atoms with van der Waals surface area (Å²) in [4.78, 5) is 24.9. The Kier molecular flexibility index (Phi) is 3.09. The van der Waals surface area contributed by atoms with Gasteiger partial charge in [-0.2, -0.15) is 0 Å². The molecule has 4 heterocycles. The lowest BCUT2D eigenvalue weighted by atomic mass is 9.53. The van der Waals surface area contributed by atoms with Crippen molar-refractivity contribution in [3.05, 3.63) is 55.9 Å². The summed E-state index contributed by atoms with van der Waals surface area (Å²) in [7, 11) is 0. The first-order valence-corrected chi connectivity index (χ1v) is 8.39. The minimum Gasteiger partial charge on any atom is -0.269 e. The van der Waals surface area contributed by atoms with Gasteiger partial charge in [-0.25, -0.2) is 4.39 Å². The second-order valence-electron chi connectivity index (χ2n) is 8.18. The van der Waals surface area contributed by atoms with Crippen LogP contribution in [0.3, 0.4) is 0 Å². The fourth-order valence-electron chi connectivity index (χ4n) is 5.63. The zero-order chi connectivity index (χ0) is 18.2. The highest BCUT2D eigenvalue weighted by Gasteiger charge is 2.87. The van der Waals surface area contributed by atoms with Gasteiger partial charge < -0.3 is 0 Å². The van der Waals surface area contributed by atoms with Crippen LogP contribution < -0.4 is 9.80 Å². The van der Waals surface area contributed by atoms with Gasteiger partial charge in [0.2, 0.25) is 6.17 Å². The summed E-state index contributed by atoms with van der Waals surface area (Å²) < 4.78 is 14.4. The number of benzene rings is 1. The summed E-state index contributed by atoms with van der Waals surface area (Å²) in [5, 5.41) is 24.1. The maximum Gasteiger partial charge on any atom is 0.329 e. The molecule has 1 aromatic carbocycles. The molecule has 0 atom stereocenters. The Bertz CT molecular complexity index is 731. The van der Waals surface area contributed by atoms with Gasteiger partial charge in [-0.1, -0.05) is 12.1 Å². The van der Waals surface area contributed by atoms with Gasteiger partial charge in [-0.3, -0.25) is 30.0 Å². The minimum atomic E-state index is -1.37. The third kappa shape index (κ3) is 1.72. The highest BCUT2D eigenvalue weighted by molar-refractivity contribution is 5.20. The van der Waals surface area contributed by atoms with Crippen molar-refractivity contribution in [1.29, 1.82) is 0 Å². The molecule has 0 aliphatic carbocycles. The second-order valence-corrected chi connectivity index (χ2v) is 8.18. The summed E-state index contributed by atoms with van der Waals surface area (Å²) in [5.41, 5.74) is -3.33. The number of nitro groups is 2. The Morgan fingerprint density at radius 2 is 1.44 bits per heavy atom. The third-order valence-corrected chi connectivity index (χ3v) is 7.14. The molecular formula is C16H21FN4O4+2. The fourth-order valence-corrected chi connectivity index (χ4v) is 5.63. The first-order valence-electron chi connectivity index (χ1n) is 8.39. The van der Waals surface area contributed by atoms with Crippen LogP contribution in [0.15, 0.2) is 24.3 Å². The van der Waals surface area contributed by atoms with E-state index in [1.165, 1.54) is 6.07 Å². The Morgan fingerprint density at radius 1 is 1.00 bits per heavy atom. The molecule has 0 radical (unpaired) electrons. The van der Waals surface area contributed by atoms with E-state index in [2.05, 4.69) is 0 Å². The first kappa shape index (κ1) is 16.3. The van der Waals surface area contributed by atoms with Crippen molar-refractivity contribution in [2.24, 2.45) is 5.41 Å². The Balaban J connectivity index is 1.87. The van der Waals surface area contributed by atoms with Crippen LogP contribution in [0.5, 0.6) is 0 Å². The molecule has 5 rings (SSSR count). The highest BCUT2D eigenvalue weighted by Crippen LogP contribution is 2.48. The van der Waals surface area contributed by atoms with E-state index in [1.54, 1.807) is 32.0 Å². The molecule has 9 heteroatoms. The molecule has 4 aliphatic heterocycles. The van der Waals surface area contributed by atoms with Crippen molar-refractivity contribution < 1.29 is 24.0 Å². The van der Waals surface area contributed by atoms with Crippen molar-refractivity contribution >= 4 is 0 Å². The quantitative estimate of drug-likeness (QED) is 0.522. The summed E-state index contributed by atoms with van der Waals surface area (Å²) in [6.45, 7) is 4.07. The second kappa shape index (κ2) is 4.73. The average molecular weight is 352 g/mol. The monoisotopic (exact) mass is 352 g/mol. The number of piperidine rings is 2. The van der Waals surface area contributed by atoms with Gasteiger partial charge >= 0.3 is 11.1 Å². The van der Waals surface area contributed by atoms with Gasteiger partial charge in [-0.05, 0) is 26.0 Å². The van der Waals surface area contributed by atoms with Gasteiger partial charge in [0.1, 0.15) is 16.8 Å². The van der Waals surface area contributed by atoms with Gasteiger partial charge in [-0.15, -0.1) is 0 Å². The molecular weight excluding hydrogens is 331 g/mol. The first-order chi connectivity index (χ1) is 11.7. The molecule has 0 aromatic heterocycles. The van der Waals surface area contributed by atoms with Crippen LogP contribution in [0, 0.1) is 31.5 Å². The average Bonchev–Trinajstić information content (AvgIpc) is 2.52. The minimum absolute atomic E-state index is 0.186. The van der Waals surface area contributed by atoms with E-state index in [1.807, 2.05) is 0 Å². The van der Waals surface area contributed by atoms with Gasteiger partial charge in [0, 0.05) is 9.85 Å². The Labute approximate surface area is 143 Å². The number of nitrogens with one attached hydrogen (secondary N) is 2. The van der Waals surface area contributed by atoms with Crippen LogP contribution >= 0.6 is 0 Å². The number of rotatable bonds is 3. The molecule has 4 bridgehead atoms. The molecule has 4 saturated heterocycles. The lowest BCUT2D eigenvalue weighted by Crippen LogP contribution is -3.43. The predicted octanol–water partition coefficient (Wildman–Crippen LogP) is -1.31. The largest absolute Gasteiger partial charge is 0.329 e. The molecule has 1 aromatic rings. The lowest BCUT2D eigenvalue weighted by Gasteiger charge is -2.60. The van der Waals surface area contributed by atoms with Crippen LogP contribution in [-0.4, -0.2) is 47.1 Å². The third-order valence-electron chi connectivity index (χ3n) is 7.14. The van der Waals surface area contributed by atoms with Gasteiger partial charge in [0.05, 0.1) is 0 Å². The highest BCUT2D eigenvalue weighted by atomic mass is 19.1. The Hall–Kier alpha value is -2.13. The maximum absolute atomic E-state index is 14.4. The van der Waals surface area contributed by atoms with Crippen LogP contribution in [0.25, 0.3) is 0 Å². The van der Waals surface area contributed by atoms with Crippen molar-refractivity contribution in [2.45, 2.75) is 31.1 Å². The smallest absolute Gasteiger partial charge is 0.269 e. The SMILES string of the molecule is CC1(C)C2([N+](=O)[O-])C[NH+]3CC1([N+](=O)[O-])C[NH+](C2)C3c1ccccc1F. The molecule has 0 saturated carbocycles. The zero-order valence-corrected chi connectivity index (χ0v) is 14.1. The topological polar surface area (TPSA) is 95.2 Å². The molecule has 25 heavy (non-hydrogen) atoms. The van der Waals surface area contributed by atoms with E-state index in [0.29, 0.717) is 5.56 Å². The molecule has 4 fully saturated rings. The van der Waals surface area contributed by atoms with Crippen molar-refractivity contribution in [2.75, 3.05) is 26.2 Å². The van der Waals surface area contributed by atoms with E-state index >= 15 is 0 Å². The lowest BCUT2D eigenvalue weighted by molar-refractivity contribution is -1.20. The standard InChI is InChI=1S/C16H19FN4O4/c1-14(2)15(20(22)23)7-18-9-16(14,21(24)25)10-19(8-15)13(18)11-5-3-4-6-12(11)17/h3-6,13H,7-10H2,1-2H3/p+2. The van der Waals surface area contributed by atoms with Crippen molar-refractivity contribution in [3.63, 3.8) is 0 Å². The molecule has 4 aliphatic rings. The summed E-state index contributed by atoms with van der Waals surface area (Å²) >= 11 is 0. The Morgan fingerprint density at radius 3 is 1.84 bits per heavy atom. The molecule has 134 valence electrons. The fraction of sp³-hybridized carbons (Fsp3) is 0.625. The molecule has 0 amide bonds. The van der Waals surface area contributed by atoms with Crippen molar-refractivity contribution in [3.8, 4) is 0 Å². The van der Waals surface area contributed by atoms with Gasteiger partial charge in [0.15, 0.2) is 26.2 Å². The number of halogens is 1. The van der Waals surface area contributed by atoms with Crippen molar-refractivity contribution in [1.82, 2.24) is 0 Å². The van der Waals surface area contributed by atoms with E-state index in [9.17, 15) is 24.6 Å². The van der Waals surface area contributed by atoms with Crippen LogP contribution in [0.1, 0.15) is 25.6 Å². The van der Waals surface area contributed by atoms with Crippen LogP contribution in [0.4, 0.5) is 4.39 Å². The summed E-state index contributed by atoms with van der Waals surface area (Å²) in [6, 6.07) is 6.40. The number of hydrogen-bond acceptors (Lipinski definition) is 4. The van der Waals surface area contributed by atoms with E-state index in [4.69, 9.17) is 0 Å². The predicted molar refractivity (Wildman–Crippen MR) is 83.8 cm³/mol. The summed E-state index contributed by atoms with van der Waals surface area (Å²) in [6.07, 6.45) is -0.335. The van der Waals surface area contributed by atoms with E-state index < -0.39 is 16.5 Å². The molecule has 0 unspecified atom stereocenters. The zero-order valence-electron chi connectivity index (χ0n) is 14.1. The number of nitrogens with zero attached hydrogens (tertiary/aromatic N) is 2. The number of quaternary nitrogens is 2. The molecule has 8 nitrogen and oxygen atoms in total. The van der Waals surface area contributed by atoms with E-state index in [-0.39, 0.29) is 48.0 Å².